The molecule has 0 saturated carbocycles. The largest absolute Gasteiger partial charge is 0.507 e. The van der Waals surface area contributed by atoms with Crippen LogP contribution < -0.4 is 0 Å². The summed E-state index contributed by atoms with van der Waals surface area (Å²) >= 11 is 6.03. The lowest BCUT2D eigenvalue weighted by atomic mass is 10.1. The molecular formula is C15H15ClN2O. The number of azo groups is 1. The van der Waals surface area contributed by atoms with E-state index in [1.807, 2.05) is 32.9 Å². The van der Waals surface area contributed by atoms with E-state index in [9.17, 15) is 5.11 Å². The van der Waals surface area contributed by atoms with Crippen LogP contribution in [0, 0.1) is 20.8 Å². The van der Waals surface area contributed by atoms with Gasteiger partial charge in [0.2, 0.25) is 0 Å². The van der Waals surface area contributed by atoms with Gasteiger partial charge in [-0.15, -0.1) is 0 Å². The molecule has 3 nitrogen and oxygen atoms in total. The lowest BCUT2D eigenvalue weighted by molar-refractivity contribution is 0.467. The van der Waals surface area contributed by atoms with Gasteiger partial charge in [-0.05, 0) is 61.7 Å². The van der Waals surface area contributed by atoms with Gasteiger partial charge in [0, 0.05) is 5.02 Å². The van der Waals surface area contributed by atoms with E-state index >= 15 is 0 Å². The topological polar surface area (TPSA) is 45.0 Å². The van der Waals surface area contributed by atoms with Crippen LogP contribution in [0.15, 0.2) is 40.6 Å². The Labute approximate surface area is 117 Å². The van der Waals surface area contributed by atoms with Crippen molar-refractivity contribution in [1.82, 2.24) is 0 Å². The van der Waals surface area contributed by atoms with E-state index in [0.717, 1.165) is 16.7 Å². The van der Waals surface area contributed by atoms with Gasteiger partial charge < -0.3 is 5.11 Å². The summed E-state index contributed by atoms with van der Waals surface area (Å²) in [6, 6.07) is 9.14. The third-order valence-corrected chi connectivity index (χ3v) is 3.32. The molecule has 0 aliphatic heterocycles. The number of hydrogen-bond acceptors (Lipinski definition) is 3. The molecule has 19 heavy (non-hydrogen) atoms. The zero-order valence-corrected chi connectivity index (χ0v) is 11.9. The van der Waals surface area contributed by atoms with Crippen LogP contribution in [-0.2, 0) is 0 Å². The first kappa shape index (κ1) is 13.6. The van der Waals surface area contributed by atoms with Gasteiger partial charge in [0.05, 0.1) is 11.4 Å². The molecule has 0 aliphatic carbocycles. The SMILES string of the molecule is Cc1ccc(N=Nc2cc(C)c(O)c(C)c2)cc1Cl. The van der Waals surface area contributed by atoms with Crippen molar-refractivity contribution >= 4 is 23.0 Å². The van der Waals surface area contributed by atoms with Gasteiger partial charge in [-0.25, -0.2) is 0 Å². The third-order valence-electron chi connectivity index (χ3n) is 2.91. The quantitative estimate of drug-likeness (QED) is 0.734. The number of rotatable bonds is 2. The second-order valence-electron chi connectivity index (χ2n) is 4.56. The Morgan fingerprint density at radius 3 is 2.00 bits per heavy atom. The minimum absolute atomic E-state index is 0.303. The first-order valence-electron chi connectivity index (χ1n) is 5.95. The maximum atomic E-state index is 9.69. The Morgan fingerprint density at radius 1 is 0.842 bits per heavy atom. The number of phenolic OH excluding ortho intramolecular Hbond substituents is 1. The second kappa shape index (κ2) is 5.41. The molecule has 0 saturated heterocycles. The van der Waals surface area contributed by atoms with Crippen molar-refractivity contribution in [3.05, 3.63) is 52.0 Å². The summed E-state index contributed by atoms with van der Waals surface area (Å²) in [5, 5.41) is 18.7. The van der Waals surface area contributed by atoms with Gasteiger partial charge in [0.1, 0.15) is 5.75 Å². The first-order valence-corrected chi connectivity index (χ1v) is 6.33. The molecule has 98 valence electrons. The van der Waals surface area contributed by atoms with Crippen molar-refractivity contribution in [2.75, 3.05) is 0 Å². The molecule has 0 amide bonds. The average molecular weight is 275 g/mol. The normalized spacial score (nSPS) is 11.2. The maximum absolute atomic E-state index is 9.69. The highest BCUT2D eigenvalue weighted by Gasteiger charge is 2.03. The maximum Gasteiger partial charge on any atom is 0.121 e. The fourth-order valence-electron chi connectivity index (χ4n) is 1.75. The molecule has 2 aromatic carbocycles. The van der Waals surface area contributed by atoms with Crippen molar-refractivity contribution in [3.8, 4) is 5.75 Å². The Hall–Kier alpha value is -1.87. The first-order chi connectivity index (χ1) is 8.97. The summed E-state index contributed by atoms with van der Waals surface area (Å²) in [6.07, 6.45) is 0. The molecule has 2 aromatic rings. The summed E-state index contributed by atoms with van der Waals surface area (Å²) in [6.45, 7) is 5.62. The molecule has 0 unspecified atom stereocenters. The summed E-state index contributed by atoms with van der Waals surface area (Å²) in [5.41, 5.74) is 4.01. The number of hydrogen-bond donors (Lipinski definition) is 1. The molecule has 1 N–H and O–H groups in total. The van der Waals surface area contributed by atoms with E-state index in [4.69, 9.17) is 11.6 Å². The van der Waals surface area contributed by atoms with Gasteiger partial charge in [-0.2, -0.15) is 10.2 Å². The Morgan fingerprint density at radius 2 is 1.42 bits per heavy atom. The van der Waals surface area contributed by atoms with E-state index in [2.05, 4.69) is 10.2 Å². The minimum atomic E-state index is 0.303. The fourth-order valence-corrected chi connectivity index (χ4v) is 1.93. The predicted octanol–water partition coefficient (Wildman–Crippen LogP) is 5.39. The fraction of sp³-hybridized carbons (Fsp3) is 0.200. The predicted molar refractivity (Wildman–Crippen MR) is 77.9 cm³/mol. The lowest BCUT2D eigenvalue weighted by Gasteiger charge is -2.03. The molecule has 0 heterocycles. The molecular weight excluding hydrogens is 260 g/mol. The van der Waals surface area contributed by atoms with E-state index in [0.29, 0.717) is 22.1 Å². The minimum Gasteiger partial charge on any atom is -0.507 e. The number of benzene rings is 2. The lowest BCUT2D eigenvalue weighted by Crippen LogP contribution is -1.79. The third kappa shape index (κ3) is 3.12. The summed E-state index contributed by atoms with van der Waals surface area (Å²) in [5.74, 6) is 0.303. The van der Waals surface area contributed by atoms with Crippen molar-refractivity contribution in [2.24, 2.45) is 10.2 Å². The zero-order valence-electron chi connectivity index (χ0n) is 11.1. The van der Waals surface area contributed by atoms with E-state index in [1.165, 1.54) is 0 Å². The van der Waals surface area contributed by atoms with E-state index < -0.39 is 0 Å². The van der Waals surface area contributed by atoms with Crippen molar-refractivity contribution < 1.29 is 5.11 Å². The highest BCUT2D eigenvalue weighted by atomic mass is 35.5. The molecule has 0 fully saturated rings. The van der Waals surface area contributed by atoms with E-state index in [-0.39, 0.29) is 0 Å². The number of nitrogens with zero attached hydrogens (tertiary/aromatic N) is 2. The molecule has 0 spiro atoms. The number of phenols is 1. The number of aryl methyl sites for hydroxylation is 3. The van der Waals surface area contributed by atoms with Crippen LogP contribution in [0.3, 0.4) is 0 Å². The smallest absolute Gasteiger partial charge is 0.121 e. The van der Waals surface area contributed by atoms with Crippen LogP contribution in [0.1, 0.15) is 16.7 Å². The van der Waals surface area contributed by atoms with Gasteiger partial charge >= 0.3 is 0 Å². The van der Waals surface area contributed by atoms with Crippen LogP contribution in [-0.4, -0.2) is 5.11 Å². The van der Waals surface area contributed by atoms with Crippen molar-refractivity contribution in [2.45, 2.75) is 20.8 Å². The molecule has 0 radical (unpaired) electrons. The van der Waals surface area contributed by atoms with Crippen LogP contribution in [0.2, 0.25) is 5.02 Å². The Balaban J connectivity index is 2.30. The number of aromatic hydroxyl groups is 1. The summed E-state index contributed by atoms with van der Waals surface area (Å²) < 4.78 is 0. The molecule has 0 bridgehead atoms. The highest BCUT2D eigenvalue weighted by Crippen LogP contribution is 2.29. The standard InChI is InChI=1S/C15H15ClN2O/c1-9-4-5-12(8-14(9)16)17-18-13-6-10(2)15(19)11(3)7-13/h4-8,19H,1-3H3. The molecule has 0 aromatic heterocycles. The van der Waals surface area contributed by atoms with Crippen molar-refractivity contribution in [1.29, 1.82) is 0 Å². The molecule has 0 aliphatic rings. The average Bonchev–Trinajstić information content (AvgIpc) is 2.37. The Bertz CT molecular complexity index is 628. The highest BCUT2D eigenvalue weighted by molar-refractivity contribution is 6.31. The monoisotopic (exact) mass is 274 g/mol. The molecule has 4 heteroatoms. The summed E-state index contributed by atoms with van der Waals surface area (Å²) in [7, 11) is 0. The van der Waals surface area contributed by atoms with Crippen LogP contribution in [0.4, 0.5) is 11.4 Å². The zero-order chi connectivity index (χ0) is 14.0. The second-order valence-corrected chi connectivity index (χ2v) is 4.97. The van der Waals surface area contributed by atoms with Crippen molar-refractivity contribution in [3.63, 3.8) is 0 Å². The van der Waals surface area contributed by atoms with Crippen LogP contribution in [0.25, 0.3) is 0 Å². The van der Waals surface area contributed by atoms with Gasteiger partial charge in [0.25, 0.3) is 0 Å². The molecule has 2 rings (SSSR count). The molecule has 0 atom stereocenters. The Kier molecular flexibility index (Phi) is 3.86. The summed E-state index contributed by atoms with van der Waals surface area (Å²) in [4.78, 5) is 0. The number of halogens is 1. The van der Waals surface area contributed by atoms with Gasteiger partial charge in [-0.3, -0.25) is 0 Å². The van der Waals surface area contributed by atoms with Gasteiger partial charge in [0.15, 0.2) is 0 Å². The van der Waals surface area contributed by atoms with Crippen LogP contribution in [0.5, 0.6) is 5.75 Å². The van der Waals surface area contributed by atoms with E-state index in [1.54, 1.807) is 18.2 Å². The van der Waals surface area contributed by atoms with Gasteiger partial charge in [-0.1, -0.05) is 17.7 Å². The van der Waals surface area contributed by atoms with Crippen LogP contribution >= 0.6 is 11.6 Å².